The molecule has 0 N–H and O–H groups in total. The van der Waals surface area contributed by atoms with Crippen molar-refractivity contribution in [3.8, 4) is 11.1 Å². The van der Waals surface area contributed by atoms with Crippen LogP contribution in [0.2, 0.25) is 5.15 Å². The van der Waals surface area contributed by atoms with Crippen molar-refractivity contribution in [3.05, 3.63) is 54.1 Å². The summed E-state index contributed by atoms with van der Waals surface area (Å²) >= 11 is 6.06. The van der Waals surface area contributed by atoms with Gasteiger partial charge in [-0.2, -0.15) is 0 Å². The van der Waals surface area contributed by atoms with E-state index in [0.717, 1.165) is 22.2 Å². The molecular weight excluding hydrogens is 234 g/mol. The highest BCUT2D eigenvalue weighted by atomic mass is 35.5. The van der Waals surface area contributed by atoms with Crippen LogP contribution in [0.1, 0.15) is 0 Å². The molecule has 0 bridgehead atoms. The molecule has 4 heteroatoms. The first-order valence-corrected chi connectivity index (χ1v) is 5.54. The number of fused-ring (bicyclic) bond motifs is 1. The highest BCUT2D eigenvalue weighted by Gasteiger charge is 2.05. The molecular formula is C13H8ClN3. The van der Waals surface area contributed by atoms with Gasteiger partial charge >= 0.3 is 0 Å². The Hall–Kier alpha value is -2.00. The predicted molar refractivity (Wildman–Crippen MR) is 67.8 cm³/mol. The first kappa shape index (κ1) is 10.2. The van der Waals surface area contributed by atoms with Gasteiger partial charge in [0, 0.05) is 24.2 Å². The molecule has 0 unspecified atom stereocenters. The smallest absolute Gasteiger partial charge is 0.136 e. The summed E-state index contributed by atoms with van der Waals surface area (Å²) in [6, 6.07) is 9.67. The third kappa shape index (κ3) is 1.85. The Balaban J connectivity index is 2.22. The van der Waals surface area contributed by atoms with Gasteiger partial charge in [0.1, 0.15) is 5.15 Å². The Labute approximate surface area is 103 Å². The van der Waals surface area contributed by atoms with Crippen LogP contribution in [-0.2, 0) is 0 Å². The second kappa shape index (κ2) is 4.11. The number of rotatable bonds is 1. The van der Waals surface area contributed by atoms with E-state index in [2.05, 4.69) is 15.0 Å². The van der Waals surface area contributed by atoms with Gasteiger partial charge in [-0.05, 0) is 29.8 Å². The molecule has 0 aliphatic carbocycles. The average Bonchev–Trinajstić information content (AvgIpc) is 2.39. The fraction of sp³-hybridized carbons (Fsp3) is 0. The predicted octanol–water partition coefficient (Wildman–Crippen LogP) is 3.35. The summed E-state index contributed by atoms with van der Waals surface area (Å²) in [5, 5.41) is 0.496. The summed E-state index contributed by atoms with van der Waals surface area (Å²) in [6.07, 6.45) is 5.03. The minimum absolute atomic E-state index is 0.496. The van der Waals surface area contributed by atoms with Crippen LogP contribution in [-0.4, -0.2) is 15.0 Å². The molecule has 0 saturated carbocycles. The number of hydrogen-bond donors (Lipinski definition) is 0. The topological polar surface area (TPSA) is 38.7 Å². The lowest BCUT2D eigenvalue weighted by Gasteiger charge is -2.04. The lowest BCUT2D eigenvalue weighted by Crippen LogP contribution is -1.85. The van der Waals surface area contributed by atoms with Gasteiger partial charge in [-0.3, -0.25) is 9.97 Å². The van der Waals surface area contributed by atoms with E-state index in [1.165, 1.54) is 0 Å². The van der Waals surface area contributed by atoms with Crippen molar-refractivity contribution in [2.45, 2.75) is 0 Å². The zero-order chi connectivity index (χ0) is 11.7. The Morgan fingerprint density at radius 2 is 1.65 bits per heavy atom. The van der Waals surface area contributed by atoms with Gasteiger partial charge in [-0.1, -0.05) is 17.7 Å². The van der Waals surface area contributed by atoms with Crippen molar-refractivity contribution in [3.63, 3.8) is 0 Å². The van der Waals surface area contributed by atoms with Crippen LogP contribution in [0.5, 0.6) is 0 Å². The van der Waals surface area contributed by atoms with E-state index >= 15 is 0 Å². The van der Waals surface area contributed by atoms with Crippen LogP contribution in [0.4, 0.5) is 0 Å². The molecule has 0 amide bonds. The third-order valence-electron chi connectivity index (χ3n) is 2.54. The summed E-state index contributed by atoms with van der Waals surface area (Å²) in [4.78, 5) is 12.6. The average molecular weight is 242 g/mol. The van der Waals surface area contributed by atoms with E-state index in [1.54, 1.807) is 18.6 Å². The van der Waals surface area contributed by atoms with Crippen LogP contribution >= 0.6 is 11.6 Å². The van der Waals surface area contributed by atoms with Crippen molar-refractivity contribution in [2.24, 2.45) is 0 Å². The molecule has 0 aliphatic heterocycles. The summed E-state index contributed by atoms with van der Waals surface area (Å²) in [6.45, 7) is 0. The van der Waals surface area contributed by atoms with Crippen LogP contribution in [0.3, 0.4) is 0 Å². The second-order valence-electron chi connectivity index (χ2n) is 3.60. The van der Waals surface area contributed by atoms with E-state index in [0.29, 0.717) is 5.15 Å². The maximum atomic E-state index is 6.06. The van der Waals surface area contributed by atoms with Gasteiger partial charge in [-0.25, -0.2) is 4.98 Å². The Morgan fingerprint density at radius 1 is 0.824 bits per heavy atom. The molecule has 0 spiro atoms. The number of benzene rings is 1. The molecule has 3 nitrogen and oxygen atoms in total. The number of pyridine rings is 1. The SMILES string of the molecule is Clc1ncccc1-c1ccc2nccnc2c1. The number of aromatic nitrogens is 3. The molecule has 0 atom stereocenters. The number of nitrogens with zero attached hydrogens (tertiary/aromatic N) is 3. The lowest BCUT2D eigenvalue weighted by atomic mass is 10.1. The Morgan fingerprint density at radius 3 is 2.47 bits per heavy atom. The molecule has 17 heavy (non-hydrogen) atoms. The van der Waals surface area contributed by atoms with E-state index in [-0.39, 0.29) is 0 Å². The van der Waals surface area contributed by atoms with E-state index < -0.39 is 0 Å². The zero-order valence-corrected chi connectivity index (χ0v) is 9.59. The number of hydrogen-bond acceptors (Lipinski definition) is 3. The summed E-state index contributed by atoms with van der Waals surface area (Å²) in [7, 11) is 0. The fourth-order valence-corrected chi connectivity index (χ4v) is 1.96. The molecule has 3 rings (SSSR count). The summed E-state index contributed by atoms with van der Waals surface area (Å²) in [5.74, 6) is 0. The first-order valence-electron chi connectivity index (χ1n) is 5.16. The van der Waals surface area contributed by atoms with Crippen LogP contribution in [0, 0.1) is 0 Å². The minimum Gasteiger partial charge on any atom is -0.253 e. The lowest BCUT2D eigenvalue weighted by molar-refractivity contribution is 1.29. The minimum atomic E-state index is 0.496. The Kier molecular flexibility index (Phi) is 2.46. The maximum absolute atomic E-state index is 6.06. The van der Waals surface area contributed by atoms with Crippen LogP contribution < -0.4 is 0 Å². The molecule has 0 aliphatic rings. The van der Waals surface area contributed by atoms with E-state index in [1.807, 2.05) is 30.3 Å². The third-order valence-corrected chi connectivity index (χ3v) is 2.84. The molecule has 0 saturated heterocycles. The van der Waals surface area contributed by atoms with Crippen molar-refractivity contribution in [1.29, 1.82) is 0 Å². The van der Waals surface area contributed by atoms with Crippen molar-refractivity contribution < 1.29 is 0 Å². The highest BCUT2D eigenvalue weighted by Crippen LogP contribution is 2.27. The molecule has 3 aromatic rings. The fourth-order valence-electron chi connectivity index (χ4n) is 1.73. The highest BCUT2D eigenvalue weighted by molar-refractivity contribution is 6.32. The largest absolute Gasteiger partial charge is 0.253 e. The van der Waals surface area contributed by atoms with Gasteiger partial charge in [0.25, 0.3) is 0 Å². The van der Waals surface area contributed by atoms with E-state index in [4.69, 9.17) is 11.6 Å². The van der Waals surface area contributed by atoms with Gasteiger partial charge in [0.2, 0.25) is 0 Å². The van der Waals surface area contributed by atoms with Gasteiger partial charge in [0.15, 0.2) is 0 Å². The monoisotopic (exact) mass is 241 g/mol. The van der Waals surface area contributed by atoms with Crippen molar-refractivity contribution >= 4 is 22.6 Å². The second-order valence-corrected chi connectivity index (χ2v) is 3.96. The number of halogens is 1. The molecule has 1 aromatic carbocycles. The summed E-state index contributed by atoms with van der Waals surface area (Å²) < 4.78 is 0. The molecule has 0 radical (unpaired) electrons. The van der Waals surface area contributed by atoms with E-state index in [9.17, 15) is 0 Å². The quantitative estimate of drug-likeness (QED) is 0.614. The zero-order valence-electron chi connectivity index (χ0n) is 8.84. The van der Waals surface area contributed by atoms with Gasteiger partial charge in [-0.15, -0.1) is 0 Å². The van der Waals surface area contributed by atoms with Crippen LogP contribution in [0.15, 0.2) is 48.9 Å². The van der Waals surface area contributed by atoms with Gasteiger partial charge in [0.05, 0.1) is 11.0 Å². The molecule has 82 valence electrons. The van der Waals surface area contributed by atoms with Crippen LogP contribution in [0.25, 0.3) is 22.2 Å². The maximum Gasteiger partial charge on any atom is 0.136 e. The summed E-state index contributed by atoms with van der Waals surface area (Å²) in [5.41, 5.74) is 3.62. The first-order chi connectivity index (χ1) is 8.34. The van der Waals surface area contributed by atoms with Crippen molar-refractivity contribution in [1.82, 2.24) is 15.0 Å². The standard InChI is InChI=1S/C13H8ClN3/c14-13-10(2-1-5-17-13)9-3-4-11-12(8-9)16-7-6-15-11/h1-8H. The normalized spacial score (nSPS) is 10.6. The molecule has 0 fully saturated rings. The Bertz CT molecular complexity index is 682. The molecule has 2 heterocycles. The molecule has 2 aromatic heterocycles. The van der Waals surface area contributed by atoms with Gasteiger partial charge < -0.3 is 0 Å². The van der Waals surface area contributed by atoms with Crippen molar-refractivity contribution in [2.75, 3.05) is 0 Å².